The summed E-state index contributed by atoms with van der Waals surface area (Å²) in [4.78, 5) is 10.7. The van der Waals surface area contributed by atoms with Gasteiger partial charge in [-0.3, -0.25) is 4.79 Å². The highest BCUT2D eigenvalue weighted by atomic mass is 16.5. The van der Waals surface area contributed by atoms with Crippen molar-refractivity contribution in [2.45, 2.75) is 45.8 Å². The molecule has 0 aliphatic carbocycles. The Morgan fingerprint density at radius 3 is 2.50 bits per heavy atom. The third kappa shape index (κ3) is 8.01. The lowest BCUT2D eigenvalue weighted by Crippen LogP contribution is -2.44. The van der Waals surface area contributed by atoms with Gasteiger partial charge in [-0.2, -0.15) is 0 Å². The first-order chi connectivity index (χ1) is 6.33. The molecule has 0 bridgehead atoms. The summed E-state index contributed by atoms with van der Waals surface area (Å²) in [7, 11) is 0. The Morgan fingerprint density at radius 2 is 2.07 bits per heavy atom. The highest BCUT2D eigenvalue weighted by Crippen LogP contribution is 2.06. The van der Waals surface area contributed by atoms with Gasteiger partial charge in [-0.1, -0.05) is 0 Å². The number of hydrogen-bond acceptors (Lipinski definition) is 3. The van der Waals surface area contributed by atoms with E-state index in [0.29, 0.717) is 13.0 Å². The summed E-state index contributed by atoms with van der Waals surface area (Å²) in [6.07, 6.45) is 0.588. The van der Waals surface area contributed by atoms with Crippen molar-refractivity contribution in [2.75, 3.05) is 13.2 Å². The van der Waals surface area contributed by atoms with Crippen molar-refractivity contribution in [3.8, 4) is 0 Å². The van der Waals surface area contributed by atoms with Crippen molar-refractivity contribution in [2.24, 2.45) is 5.73 Å². The van der Waals surface area contributed by atoms with Gasteiger partial charge in [-0.05, 0) is 27.7 Å². The van der Waals surface area contributed by atoms with Gasteiger partial charge in [-0.25, -0.2) is 0 Å². The maximum atomic E-state index is 10.7. The molecule has 4 nitrogen and oxygen atoms in total. The van der Waals surface area contributed by atoms with Crippen LogP contribution in [0, 0.1) is 0 Å². The van der Waals surface area contributed by atoms with E-state index in [1.165, 1.54) is 0 Å². The predicted molar refractivity (Wildman–Crippen MR) is 57.0 cm³/mol. The number of nitrogens with one attached hydrogen (secondary N) is 1. The summed E-state index contributed by atoms with van der Waals surface area (Å²) < 4.78 is 5.36. The molecule has 0 atom stereocenters. The van der Waals surface area contributed by atoms with Crippen LogP contribution in [-0.2, 0) is 9.53 Å². The minimum absolute atomic E-state index is 0.244. The maximum absolute atomic E-state index is 10.7. The smallest absolute Gasteiger partial charge is 0.219 e. The van der Waals surface area contributed by atoms with E-state index in [1.54, 1.807) is 0 Å². The second-order valence-electron chi connectivity index (χ2n) is 4.37. The zero-order valence-electron chi connectivity index (χ0n) is 9.59. The summed E-state index contributed by atoms with van der Waals surface area (Å²) in [6.45, 7) is 9.28. The molecule has 0 heterocycles. The molecule has 1 amide bonds. The number of nitrogens with two attached hydrogens (primary N) is 1. The summed E-state index contributed by atoms with van der Waals surface area (Å²) in [6, 6.07) is 0. The second-order valence-corrected chi connectivity index (χ2v) is 4.37. The molecule has 0 fully saturated rings. The Morgan fingerprint density at radius 1 is 1.50 bits per heavy atom. The lowest BCUT2D eigenvalue weighted by Gasteiger charge is -2.25. The van der Waals surface area contributed by atoms with Crippen LogP contribution in [0.1, 0.15) is 34.1 Å². The Hall–Kier alpha value is -0.610. The molecule has 0 aromatic carbocycles. The molecule has 0 radical (unpaired) electrons. The normalized spacial score (nSPS) is 12.1. The molecule has 0 spiro atoms. The van der Waals surface area contributed by atoms with Crippen LogP contribution in [0.3, 0.4) is 0 Å². The van der Waals surface area contributed by atoms with E-state index >= 15 is 0 Å². The fraction of sp³-hybridized carbons (Fsp3) is 0.900. The van der Waals surface area contributed by atoms with Gasteiger partial charge in [-0.15, -0.1) is 0 Å². The molecule has 0 unspecified atom stereocenters. The average Bonchev–Trinajstić information content (AvgIpc) is 1.95. The first-order valence-corrected chi connectivity index (χ1v) is 4.98. The SMILES string of the molecule is CC(C)OCCNC(C)(C)CC(N)=O. The van der Waals surface area contributed by atoms with Crippen molar-refractivity contribution >= 4 is 5.91 Å². The van der Waals surface area contributed by atoms with Crippen LogP contribution in [0.15, 0.2) is 0 Å². The highest BCUT2D eigenvalue weighted by Gasteiger charge is 2.19. The molecular formula is C10H22N2O2. The lowest BCUT2D eigenvalue weighted by atomic mass is 10.0. The Balaban J connectivity index is 3.60. The van der Waals surface area contributed by atoms with Gasteiger partial charge >= 0.3 is 0 Å². The largest absolute Gasteiger partial charge is 0.377 e. The lowest BCUT2D eigenvalue weighted by molar-refractivity contribution is -0.119. The van der Waals surface area contributed by atoms with Crippen LogP contribution in [-0.4, -0.2) is 30.7 Å². The summed E-state index contributed by atoms with van der Waals surface area (Å²) in [5, 5.41) is 3.22. The number of rotatable bonds is 7. The molecule has 0 saturated heterocycles. The van der Waals surface area contributed by atoms with E-state index in [2.05, 4.69) is 5.32 Å². The average molecular weight is 202 g/mol. The van der Waals surface area contributed by atoms with Gasteiger partial charge in [0.2, 0.25) is 5.91 Å². The minimum atomic E-state index is -0.285. The molecule has 0 aromatic rings. The monoisotopic (exact) mass is 202 g/mol. The highest BCUT2D eigenvalue weighted by molar-refractivity contribution is 5.74. The molecule has 0 rings (SSSR count). The first-order valence-electron chi connectivity index (χ1n) is 4.98. The summed E-state index contributed by atoms with van der Waals surface area (Å²) >= 11 is 0. The van der Waals surface area contributed by atoms with E-state index in [4.69, 9.17) is 10.5 Å². The van der Waals surface area contributed by atoms with Crippen LogP contribution in [0.2, 0.25) is 0 Å². The van der Waals surface area contributed by atoms with Crippen molar-refractivity contribution in [1.82, 2.24) is 5.32 Å². The van der Waals surface area contributed by atoms with E-state index < -0.39 is 0 Å². The van der Waals surface area contributed by atoms with Gasteiger partial charge in [0.25, 0.3) is 0 Å². The first kappa shape index (κ1) is 13.4. The predicted octanol–water partition coefficient (Wildman–Crippen LogP) is 0.655. The van der Waals surface area contributed by atoms with Crippen LogP contribution in [0.25, 0.3) is 0 Å². The van der Waals surface area contributed by atoms with Crippen LogP contribution < -0.4 is 11.1 Å². The molecule has 0 aliphatic heterocycles. The Labute approximate surface area is 86.2 Å². The van der Waals surface area contributed by atoms with Gasteiger partial charge in [0, 0.05) is 18.5 Å². The van der Waals surface area contributed by atoms with E-state index in [-0.39, 0.29) is 17.6 Å². The van der Waals surface area contributed by atoms with Gasteiger partial charge in [0.05, 0.1) is 12.7 Å². The molecule has 0 saturated carbocycles. The van der Waals surface area contributed by atoms with Crippen LogP contribution in [0.5, 0.6) is 0 Å². The third-order valence-electron chi connectivity index (χ3n) is 1.77. The third-order valence-corrected chi connectivity index (χ3v) is 1.77. The molecule has 0 aromatic heterocycles. The number of primary amides is 1. The number of carbonyl (C=O) groups is 1. The van der Waals surface area contributed by atoms with Gasteiger partial charge in [0.1, 0.15) is 0 Å². The van der Waals surface area contributed by atoms with Crippen molar-refractivity contribution in [1.29, 1.82) is 0 Å². The number of hydrogen-bond donors (Lipinski definition) is 2. The Kier molecular flexibility index (Phi) is 5.72. The molecule has 84 valence electrons. The van der Waals surface area contributed by atoms with Gasteiger partial charge < -0.3 is 15.8 Å². The molecule has 14 heavy (non-hydrogen) atoms. The second kappa shape index (κ2) is 5.98. The van der Waals surface area contributed by atoms with E-state index in [0.717, 1.165) is 6.54 Å². The number of amides is 1. The maximum Gasteiger partial charge on any atom is 0.219 e. The zero-order valence-corrected chi connectivity index (χ0v) is 9.59. The van der Waals surface area contributed by atoms with Crippen molar-refractivity contribution < 1.29 is 9.53 Å². The van der Waals surface area contributed by atoms with Crippen LogP contribution >= 0.6 is 0 Å². The number of ether oxygens (including phenoxy) is 1. The topological polar surface area (TPSA) is 64.3 Å². The Bertz CT molecular complexity index is 179. The van der Waals surface area contributed by atoms with Crippen LogP contribution in [0.4, 0.5) is 0 Å². The summed E-state index contributed by atoms with van der Waals surface area (Å²) in [5.41, 5.74) is 4.88. The number of carbonyl (C=O) groups excluding carboxylic acids is 1. The molecule has 0 aliphatic rings. The van der Waals surface area contributed by atoms with Crippen molar-refractivity contribution in [3.05, 3.63) is 0 Å². The molecular weight excluding hydrogens is 180 g/mol. The molecule has 3 N–H and O–H groups in total. The zero-order chi connectivity index (χ0) is 11.2. The minimum Gasteiger partial charge on any atom is -0.377 e. The van der Waals surface area contributed by atoms with E-state index in [1.807, 2.05) is 27.7 Å². The quantitative estimate of drug-likeness (QED) is 0.596. The fourth-order valence-corrected chi connectivity index (χ4v) is 1.18. The van der Waals surface area contributed by atoms with Crippen molar-refractivity contribution in [3.63, 3.8) is 0 Å². The fourth-order valence-electron chi connectivity index (χ4n) is 1.18. The molecule has 4 heteroatoms. The summed E-state index contributed by atoms with van der Waals surface area (Å²) in [5.74, 6) is -0.285. The van der Waals surface area contributed by atoms with E-state index in [9.17, 15) is 4.79 Å². The standard InChI is InChI=1S/C10H22N2O2/c1-8(2)14-6-5-12-10(3,4)7-9(11)13/h8,12H,5-7H2,1-4H3,(H2,11,13). The van der Waals surface area contributed by atoms with Gasteiger partial charge in [0.15, 0.2) is 0 Å².